The van der Waals surface area contributed by atoms with Crippen LogP contribution in [0, 0.1) is 0 Å². The van der Waals surface area contributed by atoms with Crippen molar-refractivity contribution in [3.8, 4) is 0 Å². The quantitative estimate of drug-likeness (QED) is 0.490. The predicted octanol–water partition coefficient (Wildman–Crippen LogP) is -2.09. The van der Waals surface area contributed by atoms with Crippen molar-refractivity contribution in [2.75, 3.05) is 0 Å². The highest BCUT2D eigenvalue weighted by Gasteiger charge is 1.91. The lowest BCUT2D eigenvalue weighted by Gasteiger charge is -1.93. The standard InChI is InChI=1S/C10H14NO.HI/c1-9(12)3-4-10-5-7-11(2)8-6-10;/h3-9,12H,1-2H3;1H/q+1;/p-1. The minimum absolute atomic E-state index is 0. The lowest BCUT2D eigenvalue weighted by Crippen LogP contribution is -3.00. The first-order chi connectivity index (χ1) is 5.68. The molecule has 0 fully saturated rings. The smallest absolute Gasteiger partial charge is 0.169 e. The largest absolute Gasteiger partial charge is 1.00 e. The van der Waals surface area contributed by atoms with Crippen LogP contribution >= 0.6 is 0 Å². The van der Waals surface area contributed by atoms with Gasteiger partial charge < -0.3 is 29.1 Å². The van der Waals surface area contributed by atoms with Crippen molar-refractivity contribution >= 4 is 6.08 Å². The van der Waals surface area contributed by atoms with Gasteiger partial charge in [0.15, 0.2) is 12.4 Å². The van der Waals surface area contributed by atoms with Crippen molar-refractivity contribution < 1.29 is 33.7 Å². The second kappa shape index (κ2) is 6.10. The lowest BCUT2D eigenvalue weighted by atomic mass is 10.2. The average Bonchev–Trinajstić information content (AvgIpc) is 2.03. The van der Waals surface area contributed by atoms with Crippen molar-refractivity contribution in [3.05, 3.63) is 36.2 Å². The van der Waals surface area contributed by atoms with Crippen molar-refractivity contribution in [1.82, 2.24) is 0 Å². The SMILES string of the molecule is CC(O)C=Cc1cc[n+](C)cc1.[I-]. The number of rotatable bonds is 2. The number of aromatic nitrogens is 1. The third-order valence-electron chi connectivity index (χ3n) is 1.57. The first-order valence-corrected chi connectivity index (χ1v) is 4.00. The Labute approximate surface area is 95.9 Å². The van der Waals surface area contributed by atoms with Gasteiger partial charge in [0.25, 0.3) is 0 Å². The Kier molecular flexibility index (Phi) is 5.90. The molecule has 0 amide bonds. The first kappa shape index (κ1) is 12.6. The molecule has 0 radical (unpaired) electrons. The molecular weight excluding hydrogens is 277 g/mol. The van der Waals surface area contributed by atoms with Gasteiger partial charge in [-0.3, -0.25) is 0 Å². The van der Waals surface area contributed by atoms with Gasteiger partial charge >= 0.3 is 0 Å². The number of nitrogens with zero attached hydrogens (tertiary/aromatic N) is 1. The Hall–Kier alpha value is -0.420. The number of hydrogen-bond acceptors (Lipinski definition) is 1. The van der Waals surface area contributed by atoms with Gasteiger partial charge in [-0.15, -0.1) is 0 Å². The van der Waals surface area contributed by atoms with E-state index < -0.39 is 0 Å². The summed E-state index contributed by atoms with van der Waals surface area (Å²) in [5.74, 6) is 0. The summed E-state index contributed by atoms with van der Waals surface area (Å²) in [6, 6.07) is 4.00. The minimum Gasteiger partial charge on any atom is -1.00 e. The van der Waals surface area contributed by atoms with Crippen molar-refractivity contribution in [3.63, 3.8) is 0 Å². The highest BCUT2D eigenvalue weighted by Crippen LogP contribution is 1.99. The van der Waals surface area contributed by atoms with Crippen LogP contribution in [0.1, 0.15) is 12.5 Å². The van der Waals surface area contributed by atoms with Crippen molar-refractivity contribution in [2.24, 2.45) is 7.05 Å². The number of aliphatic hydroxyl groups excluding tert-OH is 1. The summed E-state index contributed by atoms with van der Waals surface area (Å²) in [5, 5.41) is 8.98. The van der Waals surface area contributed by atoms with Crippen LogP contribution in [0.5, 0.6) is 0 Å². The molecule has 0 saturated carbocycles. The number of aliphatic hydroxyl groups is 1. The second-order valence-electron chi connectivity index (χ2n) is 2.90. The third kappa shape index (κ3) is 5.00. The van der Waals surface area contributed by atoms with Gasteiger partial charge in [-0.1, -0.05) is 12.2 Å². The summed E-state index contributed by atoms with van der Waals surface area (Å²) < 4.78 is 1.97. The van der Waals surface area contributed by atoms with Crippen LogP contribution in [0.25, 0.3) is 6.08 Å². The molecule has 2 nitrogen and oxygen atoms in total. The molecular formula is C10H14INO. The summed E-state index contributed by atoms with van der Waals surface area (Å²) in [6.07, 6.45) is 7.24. The Morgan fingerprint density at radius 1 is 1.38 bits per heavy atom. The number of halogens is 1. The zero-order valence-corrected chi connectivity index (χ0v) is 9.97. The first-order valence-electron chi connectivity index (χ1n) is 4.00. The van der Waals surface area contributed by atoms with E-state index >= 15 is 0 Å². The Morgan fingerprint density at radius 2 is 1.92 bits per heavy atom. The van der Waals surface area contributed by atoms with Crippen molar-refractivity contribution in [1.29, 1.82) is 0 Å². The fourth-order valence-corrected chi connectivity index (χ4v) is 0.874. The van der Waals surface area contributed by atoms with E-state index in [0.29, 0.717) is 0 Å². The predicted molar refractivity (Wildman–Crippen MR) is 48.3 cm³/mol. The third-order valence-corrected chi connectivity index (χ3v) is 1.57. The highest BCUT2D eigenvalue weighted by molar-refractivity contribution is 5.47. The fourth-order valence-electron chi connectivity index (χ4n) is 0.874. The molecule has 0 aromatic carbocycles. The van der Waals surface area contributed by atoms with Gasteiger partial charge in [-0.05, 0) is 12.5 Å². The molecule has 0 aliphatic carbocycles. The molecule has 0 saturated heterocycles. The van der Waals surface area contributed by atoms with Gasteiger partial charge in [-0.25, -0.2) is 4.57 Å². The van der Waals surface area contributed by atoms with E-state index in [4.69, 9.17) is 5.11 Å². The van der Waals surface area contributed by atoms with E-state index in [2.05, 4.69) is 0 Å². The van der Waals surface area contributed by atoms with E-state index in [-0.39, 0.29) is 30.1 Å². The molecule has 0 aliphatic heterocycles. The van der Waals surface area contributed by atoms with Gasteiger partial charge in [-0.2, -0.15) is 0 Å². The number of hydrogen-bond donors (Lipinski definition) is 1. The maximum atomic E-state index is 8.98. The molecule has 0 spiro atoms. The van der Waals surface area contributed by atoms with E-state index in [9.17, 15) is 0 Å². The molecule has 1 heterocycles. The Morgan fingerprint density at radius 3 is 2.38 bits per heavy atom. The molecule has 1 aromatic heterocycles. The normalized spacial score (nSPS) is 12.5. The van der Waals surface area contributed by atoms with E-state index in [1.54, 1.807) is 13.0 Å². The van der Waals surface area contributed by atoms with Crippen LogP contribution in [-0.4, -0.2) is 11.2 Å². The molecule has 1 unspecified atom stereocenters. The van der Waals surface area contributed by atoms with E-state index in [1.807, 2.05) is 42.2 Å². The van der Waals surface area contributed by atoms with Crippen LogP contribution < -0.4 is 28.5 Å². The van der Waals surface area contributed by atoms with Crippen LogP contribution in [0.4, 0.5) is 0 Å². The zero-order chi connectivity index (χ0) is 8.97. The Balaban J connectivity index is 0.00000144. The molecule has 1 atom stereocenters. The molecule has 0 aliphatic rings. The van der Waals surface area contributed by atoms with Gasteiger partial charge in [0.05, 0.1) is 6.10 Å². The lowest BCUT2D eigenvalue weighted by molar-refractivity contribution is -0.671. The fraction of sp³-hybridized carbons (Fsp3) is 0.300. The van der Waals surface area contributed by atoms with E-state index in [0.717, 1.165) is 5.56 Å². The van der Waals surface area contributed by atoms with Gasteiger partial charge in [0.1, 0.15) is 7.05 Å². The molecule has 3 heteroatoms. The van der Waals surface area contributed by atoms with Crippen LogP contribution in [0.2, 0.25) is 0 Å². The van der Waals surface area contributed by atoms with Crippen LogP contribution in [0.3, 0.4) is 0 Å². The maximum absolute atomic E-state index is 8.98. The highest BCUT2D eigenvalue weighted by atomic mass is 127. The number of pyridine rings is 1. The summed E-state index contributed by atoms with van der Waals surface area (Å²) in [5.41, 5.74) is 1.11. The molecule has 13 heavy (non-hydrogen) atoms. The molecule has 72 valence electrons. The van der Waals surface area contributed by atoms with Gasteiger partial charge in [0.2, 0.25) is 0 Å². The molecule has 1 N–H and O–H groups in total. The molecule has 0 bridgehead atoms. The summed E-state index contributed by atoms with van der Waals surface area (Å²) in [6.45, 7) is 1.74. The van der Waals surface area contributed by atoms with Crippen molar-refractivity contribution in [2.45, 2.75) is 13.0 Å². The number of aryl methyl sites for hydroxylation is 1. The summed E-state index contributed by atoms with van der Waals surface area (Å²) >= 11 is 0. The zero-order valence-electron chi connectivity index (χ0n) is 7.81. The average molecular weight is 291 g/mol. The van der Waals surface area contributed by atoms with E-state index in [1.165, 1.54) is 0 Å². The molecule has 1 rings (SSSR count). The van der Waals surface area contributed by atoms with Gasteiger partial charge in [0, 0.05) is 12.1 Å². The monoisotopic (exact) mass is 291 g/mol. The van der Waals surface area contributed by atoms with Crippen LogP contribution in [-0.2, 0) is 7.05 Å². The maximum Gasteiger partial charge on any atom is 0.169 e. The minimum atomic E-state index is -0.376. The summed E-state index contributed by atoms with van der Waals surface area (Å²) in [7, 11) is 1.97. The Bertz CT molecular complexity index is 267. The van der Waals surface area contributed by atoms with Crippen LogP contribution in [0.15, 0.2) is 30.6 Å². The molecule has 1 aromatic rings. The topological polar surface area (TPSA) is 24.1 Å². The second-order valence-corrected chi connectivity index (χ2v) is 2.90. The summed E-state index contributed by atoms with van der Waals surface area (Å²) in [4.78, 5) is 0.